The van der Waals surface area contributed by atoms with Gasteiger partial charge in [-0.15, -0.1) is 0 Å². The first-order valence-corrected chi connectivity index (χ1v) is 20.7. The SMILES string of the molecule is CC(=O)O[C@H]1[C@H](C)O[C@@H](O[C@H]2C[C@](O)(C(=O)CO[Si](C)(C)C(C)(C)C)Cc3c(O)c4c(c(O)c32)C(=O)c2ccccc2C4=O)C(I)[C@@H]1OC(C)=O. The van der Waals surface area contributed by atoms with Crippen LogP contribution in [0.5, 0.6) is 11.5 Å². The lowest BCUT2D eigenvalue weighted by Crippen LogP contribution is -2.58. The van der Waals surface area contributed by atoms with E-state index in [1.54, 1.807) is 19.1 Å². The van der Waals surface area contributed by atoms with Crippen LogP contribution in [0.15, 0.2) is 24.3 Å². The highest BCUT2D eigenvalue weighted by Crippen LogP contribution is 2.52. The Hall–Kier alpha value is -3.22. The number of Topliss-reactive ketones (excluding diaryl/α,β-unsaturated/α-hetero) is 1. The average Bonchev–Trinajstić information content (AvgIpc) is 3.03. The maximum Gasteiger partial charge on any atom is 0.303 e. The van der Waals surface area contributed by atoms with Crippen molar-refractivity contribution in [3.63, 3.8) is 0 Å². The summed E-state index contributed by atoms with van der Waals surface area (Å²) in [6, 6.07) is 6.01. The molecule has 2 aliphatic carbocycles. The van der Waals surface area contributed by atoms with E-state index >= 15 is 0 Å². The number of alkyl halides is 1. The number of ether oxygens (including phenoxy) is 4. The molecular formula is C36H43IO13Si. The second-order valence-corrected chi connectivity index (χ2v) is 21.1. The fourth-order valence-electron chi connectivity index (χ4n) is 6.52. The lowest BCUT2D eigenvalue weighted by Gasteiger charge is -2.45. The molecule has 276 valence electrons. The summed E-state index contributed by atoms with van der Waals surface area (Å²) in [5, 5.41) is 35.4. The topological polar surface area (TPSA) is 192 Å². The number of aromatic hydroxyl groups is 2. The quantitative estimate of drug-likeness (QED) is 0.0938. The minimum atomic E-state index is -2.47. The highest BCUT2D eigenvalue weighted by atomic mass is 127. The molecule has 0 aromatic heterocycles. The van der Waals surface area contributed by atoms with E-state index in [0.29, 0.717) is 0 Å². The number of phenolic OH excluding ortho intramolecular Hbond substituents is 2. The van der Waals surface area contributed by atoms with Gasteiger partial charge >= 0.3 is 11.9 Å². The van der Waals surface area contributed by atoms with Gasteiger partial charge in [0.05, 0.1) is 29.9 Å². The van der Waals surface area contributed by atoms with Crippen molar-refractivity contribution in [2.45, 2.75) is 113 Å². The van der Waals surface area contributed by atoms with Crippen LogP contribution in [0.1, 0.15) is 97.0 Å². The van der Waals surface area contributed by atoms with Crippen molar-refractivity contribution in [1.82, 2.24) is 0 Å². The Labute approximate surface area is 310 Å². The third-order valence-corrected chi connectivity index (χ3v) is 16.0. The number of hydrogen-bond donors (Lipinski definition) is 3. The normalized spacial score (nSPS) is 27.6. The van der Waals surface area contributed by atoms with Crippen molar-refractivity contribution in [1.29, 1.82) is 0 Å². The van der Waals surface area contributed by atoms with E-state index in [9.17, 15) is 39.3 Å². The third kappa shape index (κ3) is 7.12. The largest absolute Gasteiger partial charge is 0.507 e. The van der Waals surface area contributed by atoms with Gasteiger partial charge in [0.15, 0.2) is 44.2 Å². The van der Waals surface area contributed by atoms with Crippen LogP contribution in [0.3, 0.4) is 0 Å². The molecule has 2 aromatic rings. The van der Waals surface area contributed by atoms with Crippen LogP contribution in [0.4, 0.5) is 0 Å². The second kappa shape index (κ2) is 14.0. The molecule has 0 bridgehead atoms. The van der Waals surface area contributed by atoms with Crippen LogP contribution < -0.4 is 0 Å². The number of benzene rings is 2. The van der Waals surface area contributed by atoms with Crippen molar-refractivity contribution >= 4 is 60.2 Å². The van der Waals surface area contributed by atoms with Crippen LogP contribution in [0, 0.1) is 0 Å². The minimum Gasteiger partial charge on any atom is -0.507 e. The number of phenols is 2. The molecule has 15 heteroatoms. The lowest BCUT2D eigenvalue weighted by atomic mass is 9.72. The third-order valence-electron chi connectivity index (χ3n) is 10.3. The number of hydrogen-bond acceptors (Lipinski definition) is 13. The van der Waals surface area contributed by atoms with Gasteiger partial charge in [0.25, 0.3) is 0 Å². The zero-order valence-electron chi connectivity index (χ0n) is 29.7. The molecule has 13 nitrogen and oxygen atoms in total. The van der Waals surface area contributed by atoms with Gasteiger partial charge in [-0.05, 0) is 25.1 Å². The summed E-state index contributed by atoms with van der Waals surface area (Å²) in [6.07, 6.45) is -6.60. The summed E-state index contributed by atoms with van der Waals surface area (Å²) in [5.41, 5.74) is -3.32. The molecule has 0 saturated carbocycles. The van der Waals surface area contributed by atoms with Gasteiger partial charge in [-0.2, -0.15) is 0 Å². The van der Waals surface area contributed by atoms with Crippen LogP contribution >= 0.6 is 22.6 Å². The summed E-state index contributed by atoms with van der Waals surface area (Å²) in [6.45, 7) is 13.4. The van der Waals surface area contributed by atoms with Gasteiger partial charge in [0.1, 0.15) is 21.0 Å². The number of esters is 2. The molecule has 2 aromatic carbocycles. The van der Waals surface area contributed by atoms with E-state index in [0.717, 1.165) is 0 Å². The molecule has 1 saturated heterocycles. The second-order valence-electron chi connectivity index (χ2n) is 14.9. The van der Waals surface area contributed by atoms with Crippen LogP contribution in [0.25, 0.3) is 0 Å². The van der Waals surface area contributed by atoms with Crippen LogP contribution in [-0.4, -0.2) is 93.7 Å². The summed E-state index contributed by atoms with van der Waals surface area (Å²) >= 11 is 1.92. The molecule has 1 unspecified atom stereocenters. The molecule has 0 spiro atoms. The lowest BCUT2D eigenvalue weighted by molar-refractivity contribution is -0.265. The fourth-order valence-corrected chi connectivity index (χ4v) is 8.34. The number of ketones is 3. The Morgan fingerprint density at radius 2 is 1.49 bits per heavy atom. The first kappa shape index (κ1) is 39.0. The highest BCUT2D eigenvalue weighted by Gasteiger charge is 2.53. The van der Waals surface area contributed by atoms with E-state index in [4.69, 9.17) is 23.4 Å². The molecule has 1 fully saturated rings. The minimum absolute atomic E-state index is 0.0264. The van der Waals surface area contributed by atoms with E-state index in [1.807, 2.05) is 56.5 Å². The van der Waals surface area contributed by atoms with Crippen LogP contribution in [0.2, 0.25) is 18.1 Å². The predicted octanol–water partition coefficient (Wildman–Crippen LogP) is 4.61. The van der Waals surface area contributed by atoms with Crippen molar-refractivity contribution in [3.05, 3.63) is 57.6 Å². The van der Waals surface area contributed by atoms with Crippen molar-refractivity contribution in [2.24, 2.45) is 0 Å². The fraction of sp³-hybridized carbons (Fsp3) is 0.528. The standard InChI is InChI=1S/C36H43IO13Si/c1-16-32(48-17(2)38)33(49-18(3)39)27(37)34(47-16)50-22-14-36(45,23(40)15-46-51(7,8)35(4,5)6)13-21-24(22)31(44)26-25(30(21)43)28(41)19-11-9-10-12-20(19)29(26)42/h9-12,16,22,27,32-34,43-45H,13-15H2,1-8H3/t16-,22-,27?,32-,33-,34-,36-/m0/s1. The molecular weight excluding hydrogens is 795 g/mol. The first-order valence-electron chi connectivity index (χ1n) is 16.6. The molecule has 5 rings (SSSR count). The monoisotopic (exact) mass is 838 g/mol. The summed E-state index contributed by atoms with van der Waals surface area (Å²) < 4.78 is 28.8. The van der Waals surface area contributed by atoms with Gasteiger partial charge < -0.3 is 38.7 Å². The number of carbonyl (C=O) groups is 5. The van der Waals surface area contributed by atoms with E-state index in [1.165, 1.54) is 26.0 Å². The molecule has 1 aliphatic heterocycles. The number of halogens is 1. The Bertz CT molecular complexity index is 1800. The summed E-state index contributed by atoms with van der Waals surface area (Å²) in [7, 11) is -2.47. The van der Waals surface area contributed by atoms with Crippen molar-refractivity contribution < 1.29 is 62.7 Å². The van der Waals surface area contributed by atoms with Crippen molar-refractivity contribution in [3.8, 4) is 11.5 Å². The number of fused-ring (bicyclic) bond motifs is 3. The highest BCUT2D eigenvalue weighted by molar-refractivity contribution is 14.1. The molecule has 51 heavy (non-hydrogen) atoms. The van der Waals surface area contributed by atoms with Gasteiger partial charge in [0, 0.05) is 48.9 Å². The van der Waals surface area contributed by atoms with Gasteiger partial charge in [0.2, 0.25) is 0 Å². The molecule has 1 heterocycles. The molecule has 3 N–H and O–H groups in total. The Balaban J connectivity index is 1.61. The van der Waals surface area contributed by atoms with Gasteiger partial charge in [-0.1, -0.05) is 67.6 Å². The maximum atomic E-state index is 13.9. The number of rotatable bonds is 8. The maximum absolute atomic E-state index is 13.9. The molecule has 7 atom stereocenters. The molecule has 0 radical (unpaired) electrons. The van der Waals surface area contributed by atoms with Gasteiger partial charge in [-0.25, -0.2) is 0 Å². The Morgan fingerprint density at radius 3 is 2.02 bits per heavy atom. The van der Waals surface area contributed by atoms with Crippen LogP contribution in [-0.2, 0) is 44.2 Å². The predicted molar refractivity (Wildman–Crippen MR) is 192 cm³/mol. The van der Waals surface area contributed by atoms with E-state index in [2.05, 4.69) is 0 Å². The van der Waals surface area contributed by atoms with Crippen molar-refractivity contribution in [2.75, 3.05) is 6.61 Å². The Morgan fingerprint density at radius 1 is 0.961 bits per heavy atom. The molecule has 0 amide bonds. The Kier molecular flexibility index (Phi) is 10.7. The summed E-state index contributed by atoms with van der Waals surface area (Å²) in [5.74, 6) is -4.75. The zero-order valence-corrected chi connectivity index (χ0v) is 32.9. The number of aliphatic hydroxyl groups is 1. The zero-order chi connectivity index (χ0) is 38.0. The smallest absolute Gasteiger partial charge is 0.303 e. The van der Waals surface area contributed by atoms with Gasteiger partial charge in [-0.3, -0.25) is 24.0 Å². The number of carbonyl (C=O) groups excluding carboxylic acids is 5. The van der Waals surface area contributed by atoms with E-state index in [-0.39, 0.29) is 27.3 Å². The first-order chi connectivity index (χ1) is 23.6. The molecule has 3 aliphatic rings. The summed E-state index contributed by atoms with van der Waals surface area (Å²) in [4.78, 5) is 65.5. The average molecular weight is 839 g/mol. The van der Waals surface area contributed by atoms with E-state index < -0.39 is 120 Å².